The van der Waals surface area contributed by atoms with Gasteiger partial charge < -0.3 is 10.1 Å². The molecule has 1 aliphatic rings. The first-order chi connectivity index (χ1) is 10.3. The summed E-state index contributed by atoms with van der Waals surface area (Å²) in [6, 6.07) is 3.99. The first-order valence-corrected chi connectivity index (χ1v) is 8.06. The lowest BCUT2D eigenvalue weighted by atomic mass is 10.2. The minimum absolute atomic E-state index is 0.0148. The molecule has 3 amide bonds. The molecule has 1 aliphatic heterocycles. The van der Waals surface area contributed by atoms with Crippen LogP contribution in [-0.2, 0) is 14.8 Å². The average Bonchev–Trinajstić information content (AvgIpc) is 2.78. The third-order valence-corrected chi connectivity index (χ3v) is 4.70. The molecule has 1 fully saturated rings. The monoisotopic (exact) mass is 327 g/mol. The highest BCUT2D eigenvalue weighted by molar-refractivity contribution is 7.89. The van der Waals surface area contributed by atoms with E-state index in [0.717, 1.165) is 4.90 Å². The fourth-order valence-corrected chi connectivity index (χ4v) is 3.18. The van der Waals surface area contributed by atoms with Crippen molar-refractivity contribution in [1.82, 2.24) is 14.9 Å². The molecule has 0 unspecified atom stereocenters. The van der Waals surface area contributed by atoms with Gasteiger partial charge in [-0.1, -0.05) is 0 Å². The molecule has 2 N–H and O–H groups in total. The van der Waals surface area contributed by atoms with Crippen LogP contribution in [0.5, 0.6) is 5.75 Å². The van der Waals surface area contributed by atoms with Gasteiger partial charge >= 0.3 is 6.03 Å². The van der Waals surface area contributed by atoms with Crippen molar-refractivity contribution < 1.29 is 22.7 Å². The van der Waals surface area contributed by atoms with Gasteiger partial charge in [-0.3, -0.25) is 9.69 Å². The standard InChI is InChI=1S/C13H17N3O5S/c1-9-7-10(3-4-11(9)21-2)22(19,20)15-5-6-16-12(17)8-14-13(16)18/h3-4,7,15H,5-6,8H2,1-2H3,(H,14,18). The minimum atomic E-state index is -3.71. The highest BCUT2D eigenvalue weighted by atomic mass is 32.2. The topological polar surface area (TPSA) is 105 Å². The van der Waals surface area contributed by atoms with Gasteiger partial charge in [0.2, 0.25) is 15.9 Å². The molecule has 0 spiro atoms. The predicted molar refractivity (Wildman–Crippen MR) is 78.0 cm³/mol. The smallest absolute Gasteiger partial charge is 0.324 e. The Kier molecular flexibility index (Phi) is 4.67. The van der Waals surface area contributed by atoms with Crippen LogP contribution in [0.4, 0.5) is 4.79 Å². The molecule has 1 aromatic carbocycles. The Morgan fingerprint density at radius 1 is 1.36 bits per heavy atom. The fourth-order valence-electron chi connectivity index (χ4n) is 2.07. The highest BCUT2D eigenvalue weighted by Gasteiger charge is 2.28. The molecular formula is C13H17N3O5S. The van der Waals surface area contributed by atoms with Crippen molar-refractivity contribution in [3.63, 3.8) is 0 Å². The molecule has 22 heavy (non-hydrogen) atoms. The number of benzene rings is 1. The molecule has 1 heterocycles. The number of nitrogens with zero attached hydrogens (tertiary/aromatic N) is 1. The Bertz CT molecular complexity index is 686. The van der Waals surface area contributed by atoms with Crippen LogP contribution in [0.2, 0.25) is 0 Å². The molecule has 0 radical (unpaired) electrons. The summed E-state index contributed by atoms with van der Waals surface area (Å²) >= 11 is 0. The molecular weight excluding hydrogens is 310 g/mol. The number of rotatable bonds is 6. The molecule has 2 rings (SSSR count). The lowest BCUT2D eigenvalue weighted by Gasteiger charge is -2.13. The summed E-state index contributed by atoms with van der Waals surface area (Å²) in [6.45, 7) is 1.62. The van der Waals surface area contributed by atoms with E-state index in [1.54, 1.807) is 13.0 Å². The number of carbonyl (C=O) groups excluding carboxylic acids is 2. The summed E-state index contributed by atoms with van der Waals surface area (Å²) < 4.78 is 31.8. The van der Waals surface area contributed by atoms with Crippen molar-refractivity contribution in [3.8, 4) is 5.75 Å². The van der Waals surface area contributed by atoms with E-state index in [4.69, 9.17) is 4.74 Å². The summed E-state index contributed by atoms with van der Waals surface area (Å²) in [6.07, 6.45) is 0. The molecule has 0 atom stereocenters. The fraction of sp³-hybridized carbons (Fsp3) is 0.385. The van der Waals surface area contributed by atoms with E-state index < -0.39 is 16.1 Å². The first kappa shape index (κ1) is 16.2. The van der Waals surface area contributed by atoms with Gasteiger partial charge in [0.25, 0.3) is 0 Å². The Labute approximate surface area is 128 Å². The molecule has 120 valence electrons. The van der Waals surface area contributed by atoms with Crippen LogP contribution in [0, 0.1) is 6.92 Å². The van der Waals surface area contributed by atoms with Gasteiger partial charge in [-0.05, 0) is 30.7 Å². The van der Waals surface area contributed by atoms with Gasteiger partial charge in [0.05, 0.1) is 18.6 Å². The minimum Gasteiger partial charge on any atom is -0.496 e. The number of nitrogens with one attached hydrogen (secondary N) is 2. The van der Waals surface area contributed by atoms with Crippen LogP contribution in [0.1, 0.15) is 5.56 Å². The summed E-state index contributed by atoms with van der Waals surface area (Å²) in [7, 11) is -2.20. The summed E-state index contributed by atoms with van der Waals surface area (Å²) in [4.78, 5) is 23.8. The van der Waals surface area contributed by atoms with Crippen molar-refractivity contribution >= 4 is 22.0 Å². The summed E-state index contributed by atoms with van der Waals surface area (Å²) in [5, 5.41) is 2.37. The second-order valence-electron chi connectivity index (χ2n) is 4.73. The van der Waals surface area contributed by atoms with Crippen molar-refractivity contribution in [2.75, 3.05) is 26.7 Å². The van der Waals surface area contributed by atoms with E-state index in [9.17, 15) is 18.0 Å². The van der Waals surface area contributed by atoms with E-state index in [0.29, 0.717) is 11.3 Å². The number of imide groups is 1. The van der Waals surface area contributed by atoms with Gasteiger partial charge in [-0.25, -0.2) is 17.9 Å². The van der Waals surface area contributed by atoms with Gasteiger partial charge in [0.15, 0.2) is 0 Å². The normalized spacial score (nSPS) is 15.1. The van der Waals surface area contributed by atoms with E-state index in [1.165, 1.54) is 19.2 Å². The first-order valence-electron chi connectivity index (χ1n) is 6.57. The maximum absolute atomic E-state index is 12.2. The number of hydrogen-bond acceptors (Lipinski definition) is 5. The molecule has 0 aromatic heterocycles. The second-order valence-corrected chi connectivity index (χ2v) is 6.50. The van der Waals surface area contributed by atoms with Crippen LogP contribution in [0.25, 0.3) is 0 Å². The number of sulfonamides is 1. The van der Waals surface area contributed by atoms with Crippen LogP contribution >= 0.6 is 0 Å². The van der Waals surface area contributed by atoms with Crippen LogP contribution in [-0.4, -0.2) is 52.0 Å². The molecule has 0 bridgehead atoms. The van der Waals surface area contributed by atoms with Crippen LogP contribution in [0.3, 0.4) is 0 Å². The quantitative estimate of drug-likeness (QED) is 0.706. The largest absolute Gasteiger partial charge is 0.496 e. The van der Waals surface area contributed by atoms with Gasteiger partial charge in [0, 0.05) is 13.1 Å². The van der Waals surface area contributed by atoms with Crippen LogP contribution < -0.4 is 14.8 Å². The third-order valence-electron chi connectivity index (χ3n) is 3.24. The van der Waals surface area contributed by atoms with Crippen molar-refractivity contribution in [3.05, 3.63) is 23.8 Å². The van der Waals surface area contributed by atoms with E-state index in [1.807, 2.05) is 0 Å². The Morgan fingerprint density at radius 2 is 2.09 bits per heavy atom. The number of methoxy groups -OCH3 is 1. The number of urea groups is 1. The highest BCUT2D eigenvalue weighted by Crippen LogP contribution is 2.21. The van der Waals surface area contributed by atoms with Crippen molar-refractivity contribution in [2.24, 2.45) is 0 Å². The third kappa shape index (κ3) is 3.37. The number of ether oxygens (including phenoxy) is 1. The van der Waals surface area contributed by atoms with Gasteiger partial charge in [-0.2, -0.15) is 0 Å². The average molecular weight is 327 g/mol. The van der Waals surface area contributed by atoms with E-state index >= 15 is 0 Å². The Morgan fingerprint density at radius 3 is 2.64 bits per heavy atom. The van der Waals surface area contributed by atoms with Gasteiger partial charge in [0.1, 0.15) is 5.75 Å². The lowest BCUT2D eigenvalue weighted by Crippen LogP contribution is -2.38. The van der Waals surface area contributed by atoms with E-state index in [2.05, 4.69) is 10.0 Å². The number of aryl methyl sites for hydroxylation is 1. The zero-order valence-electron chi connectivity index (χ0n) is 12.3. The molecule has 1 aromatic rings. The molecule has 9 heteroatoms. The van der Waals surface area contributed by atoms with Crippen molar-refractivity contribution in [2.45, 2.75) is 11.8 Å². The maximum Gasteiger partial charge on any atom is 0.324 e. The van der Waals surface area contributed by atoms with Crippen molar-refractivity contribution in [1.29, 1.82) is 0 Å². The summed E-state index contributed by atoms with van der Waals surface area (Å²) in [5.41, 5.74) is 0.694. The van der Waals surface area contributed by atoms with E-state index in [-0.39, 0.29) is 30.4 Å². The number of amides is 3. The SMILES string of the molecule is COc1ccc(S(=O)(=O)NCCN2C(=O)CNC2=O)cc1C. The number of carbonyl (C=O) groups is 2. The van der Waals surface area contributed by atoms with Gasteiger partial charge in [-0.15, -0.1) is 0 Å². The zero-order valence-corrected chi connectivity index (χ0v) is 13.1. The molecule has 0 saturated carbocycles. The molecule has 0 aliphatic carbocycles. The lowest BCUT2D eigenvalue weighted by molar-refractivity contribution is -0.124. The summed E-state index contributed by atoms with van der Waals surface area (Å²) in [5.74, 6) is 0.225. The predicted octanol–water partition coefficient (Wildman–Crippen LogP) is -0.166. The van der Waals surface area contributed by atoms with Crippen LogP contribution in [0.15, 0.2) is 23.1 Å². The number of hydrogen-bond donors (Lipinski definition) is 2. The molecule has 1 saturated heterocycles. The maximum atomic E-state index is 12.2. The Hall–Kier alpha value is -2.13. The second kappa shape index (κ2) is 6.32. The molecule has 8 nitrogen and oxygen atoms in total. The Balaban J connectivity index is 2.01. The zero-order chi connectivity index (χ0) is 16.3.